The molecule has 0 saturated carbocycles. The summed E-state index contributed by atoms with van der Waals surface area (Å²) in [4.78, 5) is 40.2. The zero-order chi connectivity index (χ0) is 21.0. The molecule has 0 bridgehead atoms. The predicted molar refractivity (Wildman–Crippen MR) is 99.3 cm³/mol. The Hall–Kier alpha value is -4.27. The van der Waals surface area contributed by atoms with Crippen molar-refractivity contribution in [2.45, 2.75) is 0 Å². The van der Waals surface area contributed by atoms with Crippen molar-refractivity contribution < 1.29 is 19.7 Å². The van der Waals surface area contributed by atoms with Gasteiger partial charge in [0.15, 0.2) is 5.11 Å². The van der Waals surface area contributed by atoms with Gasteiger partial charge in [-0.1, -0.05) is 0 Å². The molecule has 0 amide bonds. The molecule has 0 unspecified atom stereocenters. The number of nitro groups is 4. The first-order valence-electron chi connectivity index (χ1n) is 7.02. The van der Waals surface area contributed by atoms with Gasteiger partial charge in [0.2, 0.25) is 0 Å². The number of benzene rings is 2. The normalized spacial score (nSPS) is 10.0. The van der Waals surface area contributed by atoms with Crippen LogP contribution in [0.25, 0.3) is 0 Å². The highest BCUT2D eigenvalue weighted by Gasteiger charge is 2.19. The first-order chi connectivity index (χ1) is 13.1. The minimum absolute atomic E-state index is 0.0988. The molecule has 14 nitrogen and oxygen atoms in total. The maximum Gasteiger partial charge on any atom is 0.278 e. The van der Waals surface area contributed by atoms with Gasteiger partial charge in [-0.05, 0) is 12.2 Å². The molecular formula is C13H8N6O8S. The topological polar surface area (TPSA) is 197 Å². The van der Waals surface area contributed by atoms with Crippen molar-refractivity contribution in [3.63, 3.8) is 0 Å². The summed E-state index contributed by atoms with van der Waals surface area (Å²) in [5.74, 6) is 0. The summed E-state index contributed by atoms with van der Waals surface area (Å²) in [6, 6.07) is 5.44. The molecule has 144 valence electrons. The third-order valence-corrected chi connectivity index (χ3v) is 3.37. The van der Waals surface area contributed by atoms with Crippen molar-refractivity contribution in [2.75, 3.05) is 10.6 Å². The van der Waals surface area contributed by atoms with E-state index in [0.717, 1.165) is 36.4 Å². The van der Waals surface area contributed by atoms with Crippen molar-refractivity contribution in [1.29, 1.82) is 0 Å². The number of nitro benzene ring substituents is 4. The zero-order valence-electron chi connectivity index (χ0n) is 13.4. The molecule has 0 radical (unpaired) electrons. The molecule has 0 aliphatic carbocycles. The van der Waals surface area contributed by atoms with Crippen molar-refractivity contribution in [2.24, 2.45) is 0 Å². The molecule has 0 aromatic heterocycles. The molecule has 2 aromatic rings. The molecule has 0 spiro atoms. The number of rotatable bonds is 6. The molecule has 2 aromatic carbocycles. The number of nitrogens with zero attached hydrogens (tertiary/aromatic N) is 4. The number of thiocarbonyl (C=S) groups is 1. The Kier molecular flexibility index (Phi) is 5.70. The second kappa shape index (κ2) is 7.96. The van der Waals surface area contributed by atoms with E-state index in [0.29, 0.717) is 0 Å². The largest absolute Gasteiger partial charge is 0.332 e. The van der Waals surface area contributed by atoms with Gasteiger partial charge >= 0.3 is 0 Å². The Balaban J connectivity index is 2.29. The Bertz CT molecular complexity index is 882. The van der Waals surface area contributed by atoms with Crippen LogP contribution in [0.15, 0.2) is 36.4 Å². The lowest BCUT2D eigenvalue weighted by Gasteiger charge is -2.10. The molecule has 15 heteroatoms. The second-order valence-corrected chi connectivity index (χ2v) is 5.49. The van der Waals surface area contributed by atoms with Crippen LogP contribution in [0.3, 0.4) is 0 Å². The molecule has 0 heterocycles. The summed E-state index contributed by atoms with van der Waals surface area (Å²) in [6.45, 7) is 0. The van der Waals surface area contributed by atoms with Crippen molar-refractivity contribution >= 4 is 51.5 Å². The lowest BCUT2D eigenvalue weighted by Crippen LogP contribution is -2.19. The van der Waals surface area contributed by atoms with E-state index in [4.69, 9.17) is 12.2 Å². The van der Waals surface area contributed by atoms with Crippen LogP contribution < -0.4 is 10.6 Å². The molecular weight excluding hydrogens is 400 g/mol. The van der Waals surface area contributed by atoms with Crippen LogP contribution in [-0.4, -0.2) is 24.8 Å². The summed E-state index contributed by atoms with van der Waals surface area (Å²) in [7, 11) is 0. The maximum atomic E-state index is 10.9. The molecule has 0 fully saturated rings. The van der Waals surface area contributed by atoms with Crippen molar-refractivity contribution in [1.82, 2.24) is 0 Å². The highest BCUT2D eigenvalue weighted by Crippen LogP contribution is 2.28. The van der Waals surface area contributed by atoms with Crippen LogP contribution in [0.1, 0.15) is 0 Å². The van der Waals surface area contributed by atoms with E-state index >= 15 is 0 Å². The van der Waals surface area contributed by atoms with Crippen LogP contribution in [0.4, 0.5) is 34.1 Å². The van der Waals surface area contributed by atoms with Gasteiger partial charge in [0.1, 0.15) is 0 Å². The van der Waals surface area contributed by atoms with Gasteiger partial charge in [-0.2, -0.15) is 0 Å². The second-order valence-electron chi connectivity index (χ2n) is 5.08. The zero-order valence-corrected chi connectivity index (χ0v) is 14.2. The van der Waals surface area contributed by atoms with E-state index in [2.05, 4.69) is 10.6 Å². The fourth-order valence-electron chi connectivity index (χ4n) is 2.05. The smallest absolute Gasteiger partial charge is 0.278 e. The van der Waals surface area contributed by atoms with Gasteiger partial charge in [0.25, 0.3) is 22.7 Å². The van der Waals surface area contributed by atoms with Gasteiger partial charge in [-0.15, -0.1) is 0 Å². The van der Waals surface area contributed by atoms with Gasteiger partial charge in [-0.3, -0.25) is 40.5 Å². The summed E-state index contributed by atoms with van der Waals surface area (Å²) in [5, 5.41) is 48.2. The maximum absolute atomic E-state index is 10.9. The molecule has 2 rings (SSSR count). The molecule has 0 aliphatic rings. The van der Waals surface area contributed by atoms with Gasteiger partial charge in [0, 0.05) is 24.3 Å². The molecule has 2 N–H and O–H groups in total. The standard InChI is InChI=1S/C13H8N6O8S/c20-16(21)9-1-7(2-10(5-9)17(22)23)14-13(28)15-8-3-11(18(24)25)6-12(4-8)19(26)27/h1-6H,(H2,14,15,28). The Morgan fingerprint density at radius 3 is 1.07 bits per heavy atom. The van der Waals surface area contributed by atoms with Crippen LogP contribution in [0.2, 0.25) is 0 Å². The third-order valence-electron chi connectivity index (χ3n) is 3.16. The number of anilines is 2. The lowest BCUT2D eigenvalue weighted by atomic mass is 10.2. The van der Waals surface area contributed by atoms with E-state index in [1.807, 2.05) is 0 Å². The van der Waals surface area contributed by atoms with Gasteiger partial charge < -0.3 is 10.6 Å². The average Bonchev–Trinajstić information content (AvgIpc) is 2.60. The van der Waals surface area contributed by atoms with Gasteiger partial charge in [-0.25, -0.2) is 0 Å². The number of non-ortho nitro benzene ring substituents is 4. The summed E-state index contributed by atoms with van der Waals surface area (Å²) in [5.41, 5.74) is -2.45. The SMILES string of the molecule is O=[N+]([O-])c1cc(NC(=S)Nc2cc([N+](=O)[O-])cc([N+](=O)[O-])c2)cc([N+](=O)[O-])c1. The quantitative estimate of drug-likeness (QED) is 0.404. The van der Waals surface area contributed by atoms with E-state index < -0.39 is 42.4 Å². The first kappa shape index (κ1) is 20.0. The lowest BCUT2D eigenvalue weighted by molar-refractivity contribution is -0.394. The fourth-order valence-corrected chi connectivity index (χ4v) is 2.29. The molecule has 28 heavy (non-hydrogen) atoms. The first-order valence-corrected chi connectivity index (χ1v) is 7.43. The van der Waals surface area contributed by atoms with Crippen LogP contribution >= 0.6 is 12.2 Å². The van der Waals surface area contributed by atoms with E-state index in [9.17, 15) is 40.5 Å². The fraction of sp³-hybridized carbons (Fsp3) is 0. The highest BCUT2D eigenvalue weighted by molar-refractivity contribution is 7.80. The Morgan fingerprint density at radius 2 is 0.857 bits per heavy atom. The average molecular weight is 408 g/mol. The van der Waals surface area contributed by atoms with Crippen molar-refractivity contribution in [3.05, 3.63) is 76.9 Å². The molecule has 0 aliphatic heterocycles. The molecule has 0 saturated heterocycles. The Morgan fingerprint density at radius 1 is 0.607 bits per heavy atom. The summed E-state index contributed by atoms with van der Waals surface area (Å²) < 4.78 is 0. The van der Waals surface area contributed by atoms with Crippen LogP contribution in [-0.2, 0) is 0 Å². The summed E-state index contributed by atoms with van der Waals surface area (Å²) in [6.07, 6.45) is 0. The number of nitrogens with one attached hydrogen (secondary N) is 2. The van der Waals surface area contributed by atoms with Crippen LogP contribution in [0.5, 0.6) is 0 Å². The monoisotopic (exact) mass is 408 g/mol. The minimum atomic E-state index is -0.835. The predicted octanol–water partition coefficient (Wildman–Crippen LogP) is 3.13. The third kappa shape index (κ3) is 4.88. The number of hydrogen-bond donors (Lipinski definition) is 2. The highest BCUT2D eigenvalue weighted by atomic mass is 32.1. The minimum Gasteiger partial charge on any atom is -0.332 e. The Labute approximate surface area is 159 Å². The van der Waals surface area contributed by atoms with Crippen LogP contribution in [0, 0.1) is 40.5 Å². The van der Waals surface area contributed by atoms with Gasteiger partial charge in [0.05, 0.1) is 43.2 Å². The summed E-state index contributed by atoms with van der Waals surface area (Å²) >= 11 is 4.95. The van der Waals surface area contributed by atoms with Crippen molar-refractivity contribution in [3.8, 4) is 0 Å². The van der Waals surface area contributed by atoms with E-state index in [-0.39, 0.29) is 16.5 Å². The van der Waals surface area contributed by atoms with E-state index in [1.165, 1.54) is 0 Å². The van der Waals surface area contributed by atoms with E-state index in [1.54, 1.807) is 0 Å². The molecule has 0 atom stereocenters. The number of hydrogen-bond acceptors (Lipinski definition) is 9.